The first kappa shape index (κ1) is 20.6. The van der Waals surface area contributed by atoms with Crippen LogP contribution in [0.25, 0.3) is 0 Å². The number of benzene rings is 1. The highest BCUT2D eigenvalue weighted by atomic mass is 16.9. The first-order valence-corrected chi connectivity index (χ1v) is 8.42. The Labute approximate surface area is 156 Å². The zero-order valence-electron chi connectivity index (χ0n) is 15.4. The number of hydrogen-bond donors (Lipinski definition) is 2. The van der Waals surface area contributed by atoms with E-state index in [4.69, 9.17) is 4.74 Å². The van der Waals surface area contributed by atoms with Crippen LogP contribution in [0.4, 0.5) is 0 Å². The SMILES string of the molecule is CC(C)(C)NCC(O)COc1cccc2c1C(=O)N(CCO[N+](=O)[O-])C2=O. The summed E-state index contributed by atoms with van der Waals surface area (Å²) in [6, 6.07) is 4.58. The number of aliphatic hydroxyl groups is 1. The molecule has 0 saturated heterocycles. The number of nitrogens with zero attached hydrogens (tertiary/aromatic N) is 2. The summed E-state index contributed by atoms with van der Waals surface area (Å²) < 4.78 is 5.56. The molecule has 27 heavy (non-hydrogen) atoms. The van der Waals surface area contributed by atoms with E-state index in [1.54, 1.807) is 6.07 Å². The Kier molecular flexibility index (Phi) is 6.34. The molecule has 0 bridgehead atoms. The van der Waals surface area contributed by atoms with Gasteiger partial charge < -0.3 is 20.0 Å². The standard InChI is InChI=1S/C17H23N3O7/c1-17(2,3)18-9-11(21)10-26-13-6-4-5-12-14(13)16(23)19(15(12)22)7-8-27-20(24)25/h4-6,11,18,21H,7-10H2,1-3H3. The summed E-state index contributed by atoms with van der Waals surface area (Å²) in [6.45, 7) is 5.47. The van der Waals surface area contributed by atoms with Crippen molar-refractivity contribution in [2.45, 2.75) is 32.4 Å². The third kappa shape index (κ3) is 5.38. The van der Waals surface area contributed by atoms with Crippen LogP contribution in [0.2, 0.25) is 0 Å². The van der Waals surface area contributed by atoms with Crippen LogP contribution in [0.3, 0.4) is 0 Å². The van der Waals surface area contributed by atoms with Crippen LogP contribution >= 0.6 is 0 Å². The molecule has 148 valence electrons. The quantitative estimate of drug-likeness (QED) is 0.361. The molecule has 2 N–H and O–H groups in total. The maximum absolute atomic E-state index is 12.5. The van der Waals surface area contributed by atoms with Crippen LogP contribution in [0, 0.1) is 10.1 Å². The van der Waals surface area contributed by atoms with Gasteiger partial charge in [0.25, 0.3) is 16.9 Å². The lowest BCUT2D eigenvalue weighted by Crippen LogP contribution is -2.42. The summed E-state index contributed by atoms with van der Waals surface area (Å²) in [5, 5.41) is 22.4. The van der Waals surface area contributed by atoms with Gasteiger partial charge in [-0.05, 0) is 32.9 Å². The Bertz CT molecular complexity index is 730. The summed E-state index contributed by atoms with van der Waals surface area (Å²) in [4.78, 5) is 40.1. The number of carbonyl (C=O) groups is 2. The van der Waals surface area contributed by atoms with Crippen LogP contribution in [0.5, 0.6) is 5.75 Å². The second-order valence-electron chi connectivity index (χ2n) is 7.09. The molecule has 1 unspecified atom stereocenters. The highest BCUT2D eigenvalue weighted by Gasteiger charge is 2.38. The van der Waals surface area contributed by atoms with E-state index in [2.05, 4.69) is 10.2 Å². The van der Waals surface area contributed by atoms with E-state index in [9.17, 15) is 24.8 Å². The molecule has 0 radical (unpaired) electrons. The monoisotopic (exact) mass is 381 g/mol. The highest BCUT2D eigenvalue weighted by molar-refractivity contribution is 6.22. The first-order valence-electron chi connectivity index (χ1n) is 8.42. The molecule has 10 nitrogen and oxygen atoms in total. The number of aliphatic hydroxyl groups excluding tert-OH is 1. The maximum Gasteiger partial charge on any atom is 0.294 e. The van der Waals surface area contributed by atoms with Gasteiger partial charge in [-0.3, -0.25) is 14.5 Å². The fourth-order valence-corrected chi connectivity index (χ4v) is 2.50. The van der Waals surface area contributed by atoms with Gasteiger partial charge in [0.05, 0.1) is 17.7 Å². The molecule has 0 aromatic heterocycles. The Hall–Kier alpha value is -2.72. The normalized spacial score (nSPS) is 14.9. The second-order valence-corrected chi connectivity index (χ2v) is 7.09. The number of amides is 2. The topological polar surface area (TPSA) is 131 Å². The van der Waals surface area contributed by atoms with Gasteiger partial charge in [-0.15, -0.1) is 10.1 Å². The molecular weight excluding hydrogens is 358 g/mol. The lowest BCUT2D eigenvalue weighted by molar-refractivity contribution is -0.757. The molecule has 1 heterocycles. The van der Waals surface area contributed by atoms with Gasteiger partial charge in [-0.2, -0.15) is 0 Å². The number of fused-ring (bicyclic) bond motifs is 1. The molecule has 1 aliphatic rings. The molecule has 1 atom stereocenters. The zero-order chi connectivity index (χ0) is 20.2. The fraction of sp³-hybridized carbons (Fsp3) is 0.529. The molecular formula is C17H23N3O7. The van der Waals surface area contributed by atoms with E-state index in [0.29, 0.717) is 6.54 Å². The van der Waals surface area contributed by atoms with E-state index < -0.39 is 29.6 Å². The molecule has 10 heteroatoms. The lowest BCUT2D eigenvalue weighted by Gasteiger charge is -2.23. The minimum absolute atomic E-state index is 0.0640. The molecule has 0 spiro atoms. The summed E-state index contributed by atoms with van der Waals surface area (Å²) in [6.07, 6.45) is -0.808. The zero-order valence-corrected chi connectivity index (χ0v) is 15.4. The van der Waals surface area contributed by atoms with Crippen LogP contribution in [-0.4, -0.2) is 64.9 Å². The van der Waals surface area contributed by atoms with E-state index in [-0.39, 0.29) is 35.6 Å². The molecule has 1 aromatic carbocycles. The van der Waals surface area contributed by atoms with Crippen LogP contribution < -0.4 is 10.1 Å². The number of imide groups is 1. The maximum atomic E-state index is 12.5. The minimum atomic E-state index is -0.986. The summed E-state index contributed by atoms with van der Waals surface area (Å²) >= 11 is 0. The Morgan fingerprint density at radius 2 is 2.00 bits per heavy atom. The third-order valence-corrected chi connectivity index (χ3v) is 3.77. The number of hydrogen-bond acceptors (Lipinski definition) is 8. The van der Waals surface area contributed by atoms with E-state index in [0.717, 1.165) is 4.90 Å². The predicted molar refractivity (Wildman–Crippen MR) is 94.0 cm³/mol. The minimum Gasteiger partial charge on any atom is -0.490 e. The fourth-order valence-electron chi connectivity index (χ4n) is 2.50. The largest absolute Gasteiger partial charge is 0.490 e. The van der Waals surface area contributed by atoms with Crippen LogP contribution in [-0.2, 0) is 4.84 Å². The second kappa shape index (κ2) is 8.31. The predicted octanol–water partition coefficient (Wildman–Crippen LogP) is 0.619. The van der Waals surface area contributed by atoms with Crippen molar-refractivity contribution in [2.75, 3.05) is 26.3 Å². The lowest BCUT2D eigenvalue weighted by atomic mass is 10.1. The molecule has 0 fully saturated rings. The van der Waals surface area contributed by atoms with Gasteiger partial charge in [0.2, 0.25) is 0 Å². The number of ether oxygens (including phenoxy) is 1. The van der Waals surface area contributed by atoms with Crippen molar-refractivity contribution in [3.8, 4) is 5.75 Å². The van der Waals surface area contributed by atoms with Gasteiger partial charge >= 0.3 is 0 Å². The molecule has 2 rings (SSSR count). The van der Waals surface area contributed by atoms with Gasteiger partial charge in [-0.1, -0.05) is 6.07 Å². The highest BCUT2D eigenvalue weighted by Crippen LogP contribution is 2.31. The van der Waals surface area contributed by atoms with Crippen molar-refractivity contribution in [2.24, 2.45) is 0 Å². The van der Waals surface area contributed by atoms with E-state index >= 15 is 0 Å². The smallest absolute Gasteiger partial charge is 0.294 e. The molecule has 1 aliphatic heterocycles. The number of β-amino-alcohol motifs (C(OH)–C–C–N with tert-alkyl or cyclic N) is 1. The third-order valence-electron chi connectivity index (χ3n) is 3.77. The molecule has 0 aliphatic carbocycles. The van der Waals surface area contributed by atoms with Gasteiger partial charge in [0.1, 0.15) is 25.1 Å². The van der Waals surface area contributed by atoms with Crippen LogP contribution in [0.15, 0.2) is 18.2 Å². The van der Waals surface area contributed by atoms with E-state index in [1.165, 1.54) is 12.1 Å². The summed E-state index contributed by atoms with van der Waals surface area (Å²) in [5.41, 5.74) is 0.0736. The van der Waals surface area contributed by atoms with Gasteiger partial charge in [0.15, 0.2) is 0 Å². The first-order chi connectivity index (χ1) is 12.6. The Morgan fingerprint density at radius 1 is 1.30 bits per heavy atom. The Morgan fingerprint density at radius 3 is 2.63 bits per heavy atom. The molecule has 0 saturated carbocycles. The van der Waals surface area contributed by atoms with Gasteiger partial charge in [0, 0.05) is 12.1 Å². The van der Waals surface area contributed by atoms with Crippen molar-refractivity contribution < 1.29 is 29.4 Å². The molecule has 2 amide bonds. The van der Waals surface area contributed by atoms with Crippen LogP contribution in [0.1, 0.15) is 41.5 Å². The Balaban J connectivity index is 2.03. The van der Waals surface area contributed by atoms with Crippen molar-refractivity contribution >= 4 is 11.8 Å². The summed E-state index contributed by atoms with van der Waals surface area (Å²) in [7, 11) is 0. The van der Waals surface area contributed by atoms with Crippen molar-refractivity contribution in [1.82, 2.24) is 10.2 Å². The number of carbonyl (C=O) groups excluding carboxylic acids is 2. The number of rotatable bonds is 9. The molecule has 1 aromatic rings. The number of nitrogens with one attached hydrogen (secondary N) is 1. The van der Waals surface area contributed by atoms with Crippen molar-refractivity contribution in [3.05, 3.63) is 39.4 Å². The average molecular weight is 381 g/mol. The summed E-state index contributed by atoms with van der Waals surface area (Å²) in [5.74, 6) is -0.999. The van der Waals surface area contributed by atoms with Crippen molar-refractivity contribution in [3.63, 3.8) is 0 Å². The van der Waals surface area contributed by atoms with Crippen molar-refractivity contribution in [1.29, 1.82) is 0 Å². The van der Waals surface area contributed by atoms with E-state index in [1.807, 2.05) is 20.8 Å². The average Bonchev–Trinajstić information content (AvgIpc) is 2.82. The van der Waals surface area contributed by atoms with Gasteiger partial charge in [-0.25, -0.2) is 0 Å².